The maximum absolute atomic E-state index is 11.9. The molecular weight excluding hydrogens is 292 g/mol. The Labute approximate surface area is 127 Å². The van der Waals surface area contributed by atoms with Gasteiger partial charge in [0.25, 0.3) is 0 Å². The van der Waals surface area contributed by atoms with Crippen molar-refractivity contribution in [3.05, 3.63) is 41.0 Å². The number of carbonyl (C=O) groups excluding carboxylic acids is 3. The largest absolute Gasteiger partial charge is 0.497 e. The molecular formula is C15H16O7. The summed E-state index contributed by atoms with van der Waals surface area (Å²) in [4.78, 5) is 35.6. The molecule has 0 bridgehead atoms. The summed E-state index contributed by atoms with van der Waals surface area (Å²) < 4.78 is 18.9. The molecule has 0 saturated heterocycles. The van der Waals surface area contributed by atoms with Crippen LogP contribution in [0.15, 0.2) is 18.7 Å². The van der Waals surface area contributed by atoms with Crippen LogP contribution in [0.3, 0.4) is 0 Å². The van der Waals surface area contributed by atoms with Gasteiger partial charge >= 0.3 is 17.9 Å². The summed E-state index contributed by atoms with van der Waals surface area (Å²) in [7, 11) is 4.87. The van der Waals surface area contributed by atoms with Crippen molar-refractivity contribution < 1.29 is 33.3 Å². The van der Waals surface area contributed by atoms with Gasteiger partial charge in [-0.15, -0.1) is 0 Å². The van der Waals surface area contributed by atoms with Gasteiger partial charge in [-0.05, 0) is 12.1 Å². The molecule has 0 N–H and O–H groups in total. The van der Waals surface area contributed by atoms with Crippen LogP contribution in [-0.4, -0.2) is 46.3 Å². The van der Waals surface area contributed by atoms with Crippen molar-refractivity contribution in [2.45, 2.75) is 0 Å². The number of esters is 3. The van der Waals surface area contributed by atoms with E-state index in [1.165, 1.54) is 33.5 Å². The first-order chi connectivity index (χ1) is 10.4. The molecule has 0 aliphatic rings. The standard InChI is InChI=1S/C15H16O7/c1-8(19-2)9-6-11(14(17)21-4)12(15(18)22-5)7-10(9)13(16)20-3/h6-7H,1H2,2-5H3. The van der Waals surface area contributed by atoms with Crippen molar-refractivity contribution in [3.8, 4) is 0 Å². The molecule has 0 atom stereocenters. The van der Waals surface area contributed by atoms with Gasteiger partial charge in [0.1, 0.15) is 5.76 Å². The van der Waals surface area contributed by atoms with Crippen LogP contribution in [0.5, 0.6) is 0 Å². The van der Waals surface area contributed by atoms with Gasteiger partial charge in [0.15, 0.2) is 0 Å². The number of rotatable bonds is 5. The number of methoxy groups -OCH3 is 4. The minimum Gasteiger partial charge on any atom is -0.497 e. The molecule has 1 rings (SSSR count). The highest BCUT2D eigenvalue weighted by molar-refractivity contribution is 6.07. The summed E-state index contributed by atoms with van der Waals surface area (Å²) >= 11 is 0. The lowest BCUT2D eigenvalue weighted by Crippen LogP contribution is -2.16. The summed E-state index contributed by atoms with van der Waals surface area (Å²) in [6, 6.07) is 2.46. The third-order valence-electron chi connectivity index (χ3n) is 2.92. The summed E-state index contributed by atoms with van der Waals surface area (Å²) in [5.74, 6) is -2.14. The van der Waals surface area contributed by atoms with Crippen molar-refractivity contribution in [2.75, 3.05) is 28.4 Å². The molecule has 1 aromatic carbocycles. The van der Waals surface area contributed by atoms with E-state index < -0.39 is 17.9 Å². The van der Waals surface area contributed by atoms with Gasteiger partial charge in [-0.25, -0.2) is 14.4 Å². The van der Waals surface area contributed by atoms with Crippen LogP contribution in [0.25, 0.3) is 5.76 Å². The average Bonchev–Trinajstić information content (AvgIpc) is 2.57. The Balaban J connectivity index is 3.70. The number of benzene rings is 1. The van der Waals surface area contributed by atoms with E-state index in [-0.39, 0.29) is 28.0 Å². The Morgan fingerprint density at radius 1 is 0.682 bits per heavy atom. The van der Waals surface area contributed by atoms with E-state index in [4.69, 9.17) is 4.74 Å². The number of ether oxygens (including phenoxy) is 4. The van der Waals surface area contributed by atoms with Gasteiger partial charge in [-0.1, -0.05) is 6.58 Å². The Morgan fingerprint density at radius 3 is 1.32 bits per heavy atom. The van der Waals surface area contributed by atoms with Gasteiger partial charge in [0, 0.05) is 5.56 Å². The lowest BCUT2D eigenvalue weighted by Gasteiger charge is -2.14. The Hall–Kier alpha value is -2.83. The van der Waals surface area contributed by atoms with Crippen LogP contribution in [0.1, 0.15) is 36.6 Å². The third kappa shape index (κ3) is 3.25. The predicted molar refractivity (Wildman–Crippen MR) is 76.5 cm³/mol. The van der Waals surface area contributed by atoms with Crippen LogP contribution in [-0.2, 0) is 18.9 Å². The number of hydrogen-bond donors (Lipinski definition) is 0. The first-order valence-corrected chi connectivity index (χ1v) is 6.07. The second-order valence-corrected chi connectivity index (χ2v) is 4.05. The quantitative estimate of drug-likeness (QED) is 0.464. The minimum absolute atomic E-state index is 0.0161. The lowest BCUT2D eigenvalue weighted by molar-refractivity contribution is 0.0552. The molecule has 0 heterocycles. The second-order valence-electron chi connectivity index (χ2n) is 4.05. The van der Waals surface area contributed by atoms with Gasteiger partial charge in [0.05, 0.1) is 45.1 Å². The van der Waals surface area contributed by atoms with Gasteiger partial charge < -0.3 is 18.9 Å². The van der Waals surface area contributed by atoms with Crippen LogP contribution >= 0.6 is 0 Å². The molecule has 0 aliphatic carbocycles. The summed E-state index contributed by atoms with van der Waals surface area (Å²) in [6.45, 7) is 3.64. The van der Waals surface area contributed by atoms with Crippen molar-refractivity contribution >= 4 is 23.7 Å². The molecule has 7 nitrogen and oxygen atoms in total. The summed E-state index contributed by atoms with van der Waals surface area (Å²) in [6.07, 6.45) is 0. The monoisotopic (exact) mass is 308 g/mol. The van der Waals surface area contributed by atoms with Gasteiger partial charge in [-0.3, -0.25) is 0 Å². The molecule has 118 valence electrons. The third-order valence-corrected chi connectivity index (χ3v) is 2.92. The molecule has 0 unspecified atom stereocenters. The van der Waals surface area contributed by atoms with Crippen molar-refractivity contribution in [1.29, 1.82) is 0 Å². The fraction of sp³-hybridized carbons (Fsp3) is 0.267. The first-order valence-electron chi connectivity index (χ1n) is 6.07. The maximum Gasteiger partial charge on any atom is 0.338 e. The highest BCUT2D eigenvalue weighted by atomic mass is 16.5. The van der Waals surface area contributed by atoms with E-state index in [0.717, 1.165) is 7.11 Å². The topological polar surface area (TPSA) is 88.1 Å². The zero-order chi connectivity index (χ0) is 16.9. The summed E-state index contributed by atoms with van der Waals surface area (Å²) in [5, 5.41) is 0. The van der Waals surface area contributed by atoms with Crippen molar-refractivity contribution in [1.82, 2.24) is 0 Å². The molecule has 0 fully saturated rings. The van der Waals surface area contributed by atoms with E-state index in [0.29, 0.717) is 0 Å². The average molecular weight is 308 g/mol. The van der Waals surface area contributed by atoms with Crippen LogP contribution in [0, 0.1) is 0 Å². The molecule has 0 saturated carbocycles. The van der Waals surface area contributed by atoms with Gasteiger partial charge in [-0.2, -0.15) is 0 Å². The SMILES string of the molecule is C=C(OC)c1cc(C(=O)OC)c(C(=O)OC)cc1C(=O)OC. The molecule has 0 aromatic heterocycles. The fourth-order valence-corrected chi connectivity index (χ4v) is 1.78. The molecule has 22 heavy (non-hydrogen) atoms. The maximum atomic E-state index is 11.9. The molecule has 1 aromatic rings. The minimum atomic E-state index is -0.792. The van der Waals surface area contributed by atoms with E-state index in [1.54, 1.807) is 0 Å². The second kappa shape index (κ2) is 7.26. The van der Waals surface area contributed by atoms with Crippen LogP contribution in [0.4, 0.5) is 0 Å². The molecule has 7 heteroatoms. The molecule has 0 aliphatic heterocycles. The zero-order valence-corrected chi connectivity index (χ0v) is 12.7. The van der Waals surface area contributed by atoms with Gasteiger partial charge in [0.2, 0.25) is 0 Å². The smallest absolute Gasteiger partial charge is 0.338 e. The number of hydrogen-bond acceptors (Lipinski definition) is 7. The van der Waals surface area contributed by atoms with Crippen molar-refractivity contribution in [2.24, 2.45) is 0 Å². The Kier molecular flexibility index (Phi) is 5.68. The highest BCUT2D eigenvalue weighted by Gasteiger charge is 2.25. The van der Waals surface area contributed by atoms with E-state index in [9.17, 15) is 14.4 Å². The molecule has 0 spiro atoms. The van der Waals surface area contributed by atoms with Crippen LogP contribution in [0.2, 0.25) is 0 Å². The molecule has 0 radical (unpaired) electrons. The lowest BCUT2D eigenvalue weighted by atomic mass is 9.97. The molecule has 0 amide bonds. The highest BCUT2D eigenvalue weighted by Crippen LogP contribution is 2.25. The van der Waals surface area contributed by atoms with E-state index >= 15 is 0 Å². The Morgan fingerprint density at radius 2 is 1.00 bits per heavy atom. The zero-order valence-electron chi connectivity index (χ0n) is 12.7. The number of carbonyl (C=O) groups is 3. The predicted octanol–water partition coefficient (Wildman–Crippen LogP) is 1.66. The normalized spacial score (nSPS) is 9.64. The summed E-state index contributed by atoms with van der Waals surface area (Å²) in [5.41, 5.74) is 0.0300. The van der Waals surface area contributed by atoms with Crippen molar-refractivity contribution in [3.63, 3.8) is 0 Å². The first kappa shape index (κ1) is 17.2. The van der Waals surface area contributed by atoms with Crippen LogP contribution < -0.4 is 0 Å². The van der Waals surface area contributed by atoms with E-state index in [1.807, 2.05) is 0 Å². The fourth-order valence-electron chi connectivity index (χ4n) is 1.78. The Bertz CT molecular complexity index is 525. The van der Waals surface area contributed by atoms with E-state index in [2.05, 4.69) is 20.8 Å².